The number of aromatic nitrogens is 2. The standard InChI is InChI=1S/C13H19N3OS2/c1-17-12-11(16-4-7-19-13(16)15-12)9-14-8-10-2-5-18-6-3-10/h4,7,10,14H,2-3,5-6,8-9H2,1H3. The Hall–Kier alpha value is -0.720. The Morgan fingerprint density at radius 1 is 1.47 bits per heavy atom. The summed E-state index contributed by atoms with van der Waals surface area (Å²) in [6.07, 6.45) is 4.74. The molecule has 2 aromatic rings. The topological polar surface area (TPSA) is 38.6 Å². The highest BCUT2D eigenvalue weighted by Gasteiger charge is 2.16. The van der Waals surface area contributed by atoms with Gasteiger partial charge in [-0.15, -0.1) is 11.3 Å². The van der Waals surface area contributed by atoms with Crippen molar-refractivity contribution in [2.24, 2.45) is 5.92 Å². The zero-order valence-electron chi connectivity index (χ0n) is 11.1. The van der Waals surface area contributed by atoms with Crippen LogP contribution in [0.25, 0.3) is 4.96 Å². The van der Waals surface area contributed by atoms with Crippen LogP contribution >= 0.6 is 23.1 Å². The Labute approximate surface area is 121 Å². The van der Waals surface area contributed by atoms with Crippen LogP contribution in [0.5, 0.6) is 5.88 Å². The van der Waals surface area contributed by atoms with Crippen LogP contribution in [0.2, 0.25) is 0 Å². The summed E-state index contributed by atoms with van der Waals surface area (Å²) in [6.45, 7) is 1.92. The second kappa shape index (κ2) is 6.15. The molecule has 4 nitrogen and oxygen atoms in total. The van der Waals surface area contributed by atoms with Gasteiger partial charge in [0.25, 0.3) is 0 Å². The van der Waals surface area contributed by atoms with Gasteiger partial charge in [-0.3, -0.25) is 4.40 Å². The van der Waals surface area contributed by atoms with E-state index in [0.717, 1.165) is 35.5 Å². The van der Waals surface area contributed by atoms with Gasteiger partial charge >= 0.3 is 0 Å². The molecule has 0 unspecified atom stereocenters. The largest absolute Gasteiger partial charge is 0.480 e. The fourth-order valence-corrected chi connectivity index (χ4v) is 4.41. The molecule has 1 N–H and O–H groups in total. The highest BCUT2D eigenvalue weighted by Crippen LogP contribution is 2.24. The first kappa shape index (κ1) is 13.3. The number of thiazole rings is 1. The van der Waals surface area contributed by atoms with Gasteiger partial charge in [0.15, 0.2) is 4.96 Å². The fraction of sp³-hybridized carbons (Fsp3) is 0.615. The van der Waals surface area contributed by atoms with E-state index in [2.05, 4.69) is 38.0 Å². The van der Waals surface area contributed by atoms with Gasteiger partial charge in [0.05, 0.1) is 7.11 Å². The molecule has 6 heteroatoms. The SMILES string of the molecule is COc1nc2sccn2c1CNCC1CCSCC1. The molecule has 0 amide bonds. The molecule has 104 valence electrons. The van der Waals surface area contributed by atoms with E-state index in [9.17, 15) is 0 Å². The summed E-state index contributed by atoms with van der Waals surface area (Å²) in [4.78, 5) is 5.48. The molecule has 1 aliphatic rings. The predicted octanol–water partition coefficient (Wildman–Crippen LogP) is 2.64. The summed E-state index contributed by atoms with van der Waals surface area (Å²) < 4.78 is 7.48. The lowest BCUT2D eigenvalue weighted by Crippen LogP contribution is -2.25. The molecule has 1 fully saturated rings. The third kappa shape index (κ3) is 2.90. The zero-order chi connectivity index (χ0) is 13.1. The van der Waals surface area contributed by atoms with Crippen LogP contribution in [0, 0.1) is 5.92 Å². The van der Waals surface area contributed by atoms with Crippen molar-refractivity contribution in [3.63, 3.8) is 0 Å². The van der Waals surface area contributed by atoms with E-state index < -0.39 is 0 Å². The normalized spacial score (nSPS) is 17.1. The molecule has 0 aromatic carbocycles. The van der Waals surface area contributed by atoms with Crippen LogP contribution in [0.15, 0.2) is 11.6 Å². The lowest BCUT2D eigenvalue weighted by molar-refractivity contribution is 0.389. The maximum Gasteiger partial charge on any atom is 0.237 e. The third-order valence-corrected chi connectivity index (χ3v) is 5.39. The summed E-state index contributed by atoms with van der Waals surface area (Å²) in [6, 6.07) is 0. The monoisotopic (exact) mass is 297 g/mol. The quantitative estimate of drug-likeness (QED) is 0.921. The van der Waals surface area contributed by atoms with Gasteiger partial charge in [-0.1, -0.05) is 0 Å². The zero-order valence-corrected chi connectivity index (χ0v) is 12.7. The minimum atomic E-state index is 0.749. The molecule has 0 radical (unpaired) electrons. The second-order valence-electron chi connectivity index (χ2n) is 4.81. The van der Waals surface area contributed by atoms with Gasteiger partial charge in [0, 0.05) is 18.1 Å². The van der Waals surface area contributed by atoms with Crippen molar-refractivity contribution in [2.45, 2.75) is 19.4 Å². The molecule has 0 aliphatic carbocycles. The van der Waals surface area contributed by atoms with Crippen LogP contribution in [-0.4, -0.2) is 34.5 Å². The molecule has 3 rings (SSSR count). The van der Waals surface area contributed by atoms with Gasteiger partial charge in [-0.05, 0) is 36.8 Å². The van der Waals surface area contributed by atoms with Crippen molar-refractivity contribution in [2.75, 3.05) is 25.2 Å². The molecule has 0 saturated carbocycles. The fourth-order valence-electron chi connectivity index (χ4n) is 2.48. The van der Waals surface area contributed by atoms with Gasteiger partial charge in [-0.2, -0.15) is 16.7 Å². The molecule has 1 aliphatic heterocycles. The van der Waals surface area contributed by atoms with E-state index in [1.807, 2.05) is 0 Å². The number of hydrogen-bond donors (Lipinski definition) is 1. The number of hydrogen-bond acceptors (Lipinski definition) is 5. The molecule has 0 spiro atoms. The summed E-state index contributed by atoms with van der Waals surface area (Å²) in [5.74, 6) is 4.21. The minimum Gasteiger partial charge on any atom is -0.480 e. The number of thioether (sulfide) groups is 1. The van der Waals surface area contributed by atoms with Gasteiger partial charge < -0.3 is 10.1 Å². The Balaban J connectivity index is 1.62. The lowest BCUT2D eigenvalue weighted by atomic mass is 10.0. The predicted molar refractivity (Wildman–Crippen MR) is 81.4 cm³/mol. The first-order valence-corrected chi connectivity index (χ1v) is 8.69. The number of methoxy groups -OCH3 is 1. The summed E-state index contributed by atoms with van der Waals surface area (Å²) in [5.41, 5.74) is 1.13. The van der Waals surface area contributed by atoms with Crippen molar-refractivity contribution in [1.82, 2.24) is 14.7 Å². The number of nitrogens with zero attached hydrogens (tertiary/aromatic N) is 2. The van der Waals surface area contributed by atoms with Crippen LogP contribution in [0.3, 0.4) is 0 Å². The summed E-state index contributed by atoms with van der Waals surface area (Å²) in [5, 5.41) is 5.63. The van der Waals surface area contributed by atoms with E-state index in [-0.39, 0.29) is 0 Å². The highest BCUT2D eigenvalue weighted by molar-refractivity contribution is 7.99. The first-order chi connectivity index (χ1) is 9.38. The maximum atomic E-state index is 5.36. The number of nitrogens with one attached hydrogen (secondary N) is 1. The van der Waals surface area contributed by atoms with E-state index in [1.165, 1.54) is 24.3 Å². The van der Waals surface area contributed by atoms with E-state index >= 15 is 0 Å². The van der Waals surface area contributed by atoms with Crippen LogP contribution in [0.4, 0.5) is 0 Å². The van der Waals surface area contributed by atoms with Crippen molar-refractivity contribution < 1.29 is 4.74 Å². The number of imidazole rings is 1. The molecule has 0 atom stereocenters. The molecule has 0 bridgehead atoms. The summed E-state index contributed by atoms with van der Waals surface area (Å²) >= 11 is 3.72. The molecule has 2 aromatic heterocycles. The van der Waals surface area contributed by atoms with Gasteiger partial charge in [-0.25, -0.2) is 0 Å². The average Bonchev–Trinajstić information content (AvgIpc) is 3.02. The number of rotatable bonds is 5. The lowest BCUT2D eigenvalue weighted by Gasteiger charge is -2.21. The van der Waals surface area contributed by atoms with E-state index in [1.54, 1.807) is 18.4 Å². The van der Waals surface area contributed by atoms with Crippen molar-refractivity contribution in [3.05, 3.63) is 17.3 Å². The van der Waals surface area contributed by atoms with E-state index in [0.29, 0.717) is 0 Å². The van der Waals surface area contributed by atoms with Gasteiger partial charge in [0.1, 0.15) is 5.69 Å². The Morgan fingerprint density at radius 2 is 2.32 bits per heavy atom. The van der Waals surface area contributed by atoms with Crippen LogP contribution in [0.1, 0.15) is 18.5 Å². The molecule has 1 saturated heterocycles. The maximum absolute atomic E-state index is 5.36. The number of fused-ring (bicyclic) bond motifs is 1. The molecule has 3 heterocycles. The molecular weight excluding hydrogens is 278 g/mol. The van der Waals surface area contributed by atoms with Gasteiger partial charge in [0.2, 0.25) is 5.88 Å². The average molecular weight is 297 g/mol. The van der Waals surface area contributed by atoms with Crippen molar-refractivity contribution in [1.29, 1.82) is 0 Å². The Morgan fingerprint density at radius 3 is 3.11 bits per heavy atom. The molecule has 19 heavy (non-hydrogen) atoms. The van der Waals surface area contributed by atoms with Crippen molar-refractivity contribution in [3.8, 4) is 5.88 Å². The first-order valence-electron chi connectivity index (χ1n) is 6.65. The minimum absolute atomic E-state index is 0.749. The second-order valence-corrected chi connectivity index (χ2v) is 6.91. The van der Waals surface area contributed by atoms with E-state index in [4.69, 9.17) is 4.74 Å². The van der Waals surface area contributed by atoms with Crippen molar-refractivity contribution >= 4 is 28.1 Å². The Kier molecular flexibility index (Phi) is 4.30. The Bertz CT molecular complexity index is 531. The third-order valence-electron chi connectivity index (χ3n) is 3.58. The van der Waals surface area contributed by atoms with Crippen LogP contribution < -0.4 is 10.1 Å². The summed E-state index contributed by atoms with van der Waals surface area (Å²) in [7, 11) is 1.69. The highest BCUT2D eigenvalue weighted by atomic mass is 32.2. The smallest absolute Gasteiger partial charge is 0.237 e. The number of ether oxygens (including phenoxy) is 1. The molecular formula is C13H19N3OS2. The van der Waals surface area contributed by atoms with Crippen LogP contribution in [-0.2, 0) is 6.54 Å².